The SMILES string of the molecule is CC1NNCC1CNCC(C)(O)c1ccccc1Cl. The molecule has 0 saturated carbocycles. The van der Waals surface area contributed by atoms with Gasteiger partial charge >= 0.3 is 0 Å². The van der Waals surface area contributed by atoms with E-state index >= 15 is 0 Å². The minimum atomic E-state index is -0.957. The van der Waals surface area contributed by atoms with Crippen LogP contribution in [0.25, 0.3) is 0 Å². The van der Waals surface area contributed by atoms with Crippen LogP contribution >= 0.6 is 11.6 Å². The predicted molar refractivity (Wildman–Crippen MR) is 78.0 cm³/mol. The van der Waals surface area contributed by atoms with Crippen molar-refractivity contribution in [3.63, 3.8) is 0 Å². The van der Waals surface area contributed by atoms with Gasteiger partial charge in [-0.15, -0.1) is 0 Å². The summed E-state index contributed by atoms with van der Waals surface area (Å²) in [6, 6.07) is 7.87. The number of halogens is 1. The van der Waals surface area contributed by atoms with E-state index in [1.54, 1.807) is 13.0 Å². The maximum Gasteiger partial charge on any atom is 0.101 e. The molecule has 0 aliphatic carbocycles. The Morgan fingerprint density at radius 2 is 2.21 bits per heavy atom. The molecule has 1 aromatic carbocycles. The van der Waals surface area contributed by atoms with Crippen molar-refractivity contribution in [2.75, 3.05) is 19.6 Å². The largest absolute Gasteiger partial charge is 0.384 e. The molecular weight excluding hydrogens is 262 g/mol. The Hall–Kier alpha value is -0.650. The Balaban J connectivity index is 1.89. The summed E-state index contributed by atoms with van der Waals surface area (Å²) in [5.74, 6) is 0.530. The molecule has 0 spiro atoms. The molecular formula is C14H22ClN3O. The molecule has 1 heterocycles. The van der Waals surface area contributed by atoms with E-state index in [0.717, 1.165) is 18.7 Å². The Labute approximate surface area is 119 Å². The summed E-state index contributed by atoms with van der Waals surface area (Å²) in [4.78, 5) is 0. The summed E-state index contributed by atoms with van der Waals surface area (Å²) in [6.45, 7) is 6.23. The number of nitrogens with one attached hydrogen (secondary N) is 3. The van der Waals surface area contributed by atoms with Crippen LogP contribution < -0.4 is 16.2 Å². The van der Waals surface area contributed by atoms with Crippen LogP contribution in [-0.2, 0) is 5.60 Å². The molecule has 0 amide bonds. The smallest absolute Gasteiger partial charge is 0.101 e. The van der Waals surface area contributed by atoms with Crippen molar-refractivity contribution in [3.8, 4) is 0 Å². The van der Waals surface area contributed by atoms with E-state index in [1.165, 1.54) is 0 Å². The van der Waals surface area contributed by atoms with Crippen molar-refractivity contribution in [2.45, 2.75) is 25.5 Å². The molecule has 19 heavy (non-hydrogen) atoms. The number of aliphatic hydroxyl groups is 1. The van der Waals surface area contributed by atoms with Gasteiger partial charge in [0.25, 0.3) is 0 Å². The van der Waals surface area contributed by atoms with Crippen LogP contribution in [0.1, 0.15) is 19.4 Å². The third-order valence-electron chi connectivity index (χ3n) is 3.73. The lowest BCUT2D eigenvalue weighted by Crippen LogP contribution is -2.40. The van der Waals surface area contributed by atoms with Gasteiger partial charge in [0.05, 0.1) is 0 Å². The van der Waals surface area contributed by atoms with Crippen molar-refractivity contribution < 1.29 is 5.11 Å². The van der Waals surface area contributed by atoms with Crippen molar-refractivity contribution in [1.29, 1.82) is 0 Å². The van der Waals surface area contributed by atoms with Crippen LogP contribution in [0.15, 0.2) is 24.3 Å². The van der Waals surface area contributed by atoms with Crippen molar-refractivity contribution in [1.82, 2.24) is 16.2 Å². The number of benzene rings is 1. The van der Waals surface area contributed by atoms with Gasteiger partial charge in [-0.05, 0) is 19.9 Å². The molecule has 1 aromatic rings. The van der Waals surface area contributed by atoms with E-state index in [2.05, 4.69) is 23.1 Å². The highest BCUT2D eigenvalue weighted by Crippen LogP contribution is 2.27. The van der Waals surface area contributed by atoms with Gasteiger partial charge in [-0.2, -0.15) is 0 Å². The van der Waals surface area contributed by atoms with E-state index < -0.39 is 5.60 Å². The average molecular weight is 284 g/mol. The van der Waals surface area contributed by atoms with Crippen molar-refractivity contribution >= 4 is 11.6 Å². The lowest BCUT2D eigenvalue weighted by atomic mass is 9.95. The molecule has 0 bridgehead atoms. The first kappa shape index (κ1) is 14.8. The standard InChI is InChI=1S/C14H22ClN3O/c1-10-11(8-17-18-10)7-16-9-14(2,19)12-5-3-4-6-13(12)15/h3-6,10-11,16-19H,7-9H2,1-2H3. The van der Waals surface area contributed by atoms with E-state index in [9.17, 15) is 5.11 Å². The predicted octanol–water partition coefficient (Wildman–Crippen LogP) is 1.25. The van der Waals surface area contributed by atoms with Gasteiger partial charge in [0.2, 0.25) is 0 Å². The highest BCUT2D eigenvalue weighted by Gasteiger charge is 2.27. The Bertz CT molecular complexity index is 425. The summed E-state index contributed by atoms with van der Waals surface area (Å²) >= 11 is 6.13. The minimum absolute atomic E-state index is 0.442. The molecule has 0 radical (unpaired) electrons. The molecule has 2 rings (SSSR count). The maximum atomic E-state index is 10.5. The van der Waals surface area contributed by atoms with Crippen LogP contribution in [0.2, 0.25) is 5.02 Å². The average Bonchev–Trinajstić information content (AvgIpc) is 2.75. The van der Waals surface area contributed by atoms with Gasteiger partial charge in [0, 0.05) is 42.2 Å². The molecule has 0 aromatic heterocycles. The molecule has 106 valence electrons. The van der Waals surface area contributed by atoms with Crippen molar-refractivity contribution in [2.24, 2.45) is 5.92 Å². The monoisotopic (exact) mass is 283 g/mol. The van der Waals surface area contributed by atoms with Gasteiger partial charge in [0.15, 0.2) is 0 Å². The lowest BCUT2D eigenvalue weighted by Gasteiger charge is -2.26. The van der Waals surface area contributed by atoms with Gasteiger partial charge in [-0.3, -0.25) is 10.9 Å². The third kappa shape index (κ3) is 3.68. The third-order valence-corrected chi connectivity index (χ3v) is 4.06. The Kier molecular flexibility index (Phi) is 4.81. The van der Waals surface area contributed by atoms with Gasteiger partial charge in [0.1, 0.15) is 5.60 Å². The van der Waals surface area contributed by atoms with Crippen LogP contribution in [0.4, 0.5) is 0 Å². The maximum absolute atomic E-state index is 10.5. The fraction of sp³-hybridized carbons (Fsp3) is 0.571. The summed E-state index contributed by atoms with van der Waals surface area (Å²) in [6.07, 6.45) is 0. The fourth-order valence-corrected chi connectivity index (χ4v) is 2.73. The topological polar surface area (TPSA) is 56.3 Å². The first-order valence-electron chi connectivity index (χ1n) is 6.67. The molecule has 1 aliphatic heterocycles. The van der Waals surface area contributed by atoms with E-state index in [1.807, 2.05) is 18.2 Å². The highest BCUT2D eigenvalue weighted by molar-refractivity contribution is 6.31. The number of hydrogen-bond donors (Lipinski definition) is 4. The first-order chi connectivity index (χ1) is 9.00. The fourth-order valence-electron chi connectivity index (χ4n) is 2.39. The normalized spacial score (nSPS) is 26.3. The minimum Gasteiger partial charge on any atom is -0.384 e. The van der Waals surface area contributed by atoms with Crippen LogP contribution in [0.5, 0.6) is 0 Å². The first-order valence-corrected chi connectivity index (χ1v) is 7.05. The van der Waals surface area contributed by atoms with Gasteiger partial charge in [-0.25, -0.2) is 0 Å². The lowest BCUT2D eigenvalue weighted by molar-refractivity contribution is 0.0561. The molecule has 3 unspecified atom stereocenters. The van der Waals surface area contributed by atoms with Crippen molar-refractivity contribution in [3.05, 3.63) is 34.9 Å². The zero-order chi connectivity index (χ0) is 13.9. The van der Waals surface area contributed by atoms with Crippen LogP contribution in [0.3, 0.4) is 0 Å². The second kappa shape index (κ2) is 6.20. The van der Waals surface area contributed by atoms with E-state index in [4.69, 9.17) is 11.6 Å². The Morgan fingerprint density at radius 3 is 2.84 bits per heavy atom. The number of hydrazine groups is 1. The quantitative estimate of drug-likeness (QED) is 0.657. The second-order valence-corrected chi connectivity index (χ2v) is 5.87. The number of rotatable bonds is 5. The summed E-state index contributed by atoms with van der Waals surface area (Å²) in [7, 11) is 0. The van der Waals surface area contributed by atoms with E-state index in [0.29, 0.717) is 23.5 Å². The summed E-state index contributed by atoms with van der Waals surface area (Å²) < 4.78 is 0. The van der Waals surface area contributed by atoms with Gasteiger partial charge in [-0.1, -0.05) is 29.8 Å². The summed E-state index contributed by atoms with van der Waals surface area (Å²) in [5.41, 5.74) is 6.13. The second-order valence-electron chi connectivity index (χ2n) is 5.46. The molecule has 1 fully saturated rings. The zero-order valence-corrected chi connectivity index (χ0v) is 12.2. The highest BCUT2D eigenvalue weighted by atomic mass is 35.5. The molecule has 4 nitrogen and oxygen atoms in total. The van der Waals surface area contributed by atoms with Crippen LogP contribution in [0, 0.1) is 5.92 Å². The molecule has 1 saturated heterocycles. The van der Waals surface area contributed by atoms with E-state index in [-0.39, 0.29) is 0 Å². The molecule has 1 aliphatic rings. The van der Waals surface area contributed by atoms with Crippen LogP contribution in [-0.4, -0.2) is 30.8 Å². The number of hydrogen-bond acceptors (Lipinski definition) is 4. The van der Waals surface area contributed by atoms with Gasteiger partial charge < -0.3 is 10.4 Å². The Morgan fingerprint density at radius 1 is 1.47 bits per heavy atom. The molecule has 5 heteroatoms. The zero-order valence-electron chi connectivity index (χ0n) is 11.4. The summed E-state index contributed by atoms with van der Waals surface area (Å²) in [5, 5.41) is 14.5. The molecule has 3 atom stereocenters. The molecule has 4 N–H and O–H groups in total.